The number of benzene rings is 2. The molecule has 2 amide bonds. The molecule has 1 fully saturated rings. The van der Waals surface area contributed by atoms with E-state index in [1.54, 1.807) is 47.5 Å². The van der Waals surface area contributed by atoms with Gasteiger partial charge in [0.15, 0.2) is 0 Å². The topological polar surface area (TPSA) is 130 Å². The fourth-order valence-electron chi connectivity index (χ4n) is 4.20. The number of anilines is 1. The van der Waals surface area contributed by atoms with Crippen LogP contribution in [0.5, 0.6) is 0 Å². The van der Waals surface area contributed by atoms with E-state index in [2.05, 4.69) is 10.3 Å². The number of hydrogen-bond acceptors (Lipinski definition) is 5. The first-order chi connectivity index (χ1) is 17.3. The Morgan fingerprint density at radius 2 is 1.92 bits per heavy atom. The van der Waals surface area contributed by atoms with Gasteiger partial charge < -0.3 is 26.7 Å². The molecule has 1 aromatic heterocycles. The van der Waals surface area contributed by atoms with Gasteiger partial charge in [-0.15, -0.1) is 0 Å². The maximum Gasteiger partial charge on any atom is 0.270 e. The number of halogens is 1. The zero-order valence-electron chi connectivity index (χ0n) is 20.0. The quantitative estimate of drug-likeness (QED) is 0.314. The summed E-state index contributed by atoms with van der Waals surface area (Å²) in [4.78, 5) is 35.4. The van der Waals surface area contributed by atoms with E-state index in [4.69, 9.17) is 16.5 Å². The summed E-state index contributed by atoms with van der Waals surface area (Å²) < 4.78 is 13.3. The minimum Gasteiger partial charge on any atom is -0.399 e. The fourth-order valence-corrected chi connectivity index (χ4v) is 4.20. The number of aromatic amines is 1. The number of carbonyl (C=O) groups is 2. The molecule has 9 heteroatoms. The van der Waals surface area contributed by atoms with Gasteiger partial charge in [-0.3, -0.25) is 14.6 Å². The second-order valence-corrected chi connectivity index (χ2v) is 8.82. The molecule has 0 saturated carbocycles. The van der Waals surface area contributed by atoms with Gasteiger partial charge >= 0.3 is 0 Å². The number of rotatable bonds is 6. The summed E-state index contributed by atoms with van der Waals surface area (Å²) in [6.45, 7) is 3.05. The molecule has 8 nitrogen and oxygen atoms in total. The predicted octanol–water partition coefficient (Wildman–Crippen LogP) is 3.00. The van der Waals surface area contributed by atoms with Crippen LogP contribution >= 0.6 is 0 Å². The maximum atomic E-state index is 13.3. The van der Waals surface area contributed by atoms with E-state index in [-0.39, 0.29) is 36.4 Å². The van der Waals surface area contributed by atoms with Gasteiger partial charge in [-0.2, -0.15) is 0 Å². The summed E-state index contributed by atoms with van der Waals surface area (Å²) >= 11 is 0. The van der Waals surface area contributed by atoms with Crippen LogP contribution in [0.25, 0.3) is 0 Å². The van der Waals surface area contributed by atoms with E-state index in [9.17, 15) is 14.0 Å². The van der Waals surface area contributed by atoms with Gasteiger partial charge in [0.25, 0.3) is 11.8 Å². The molecule has 2 heterocycles. The number of H-pyrrole nitrogens is 1. The van der Waals surface area contributed by atoms with Crippen LogP contribution in [-0.4, -0.2) is 40.5 Å². The minimum atomic E-state index is -0.455. The number of carbonyl (C=O) groups excluding carboxylic acids is 2. The second-order valence-electron chi connectivity index (χ2n) is 8.82. The summed E-state index contributed by atoms with van der Waals surface area (Å²) in [7, 11) is 0. The lowest BCUT2D eigenvalue weighted by molar-refractivity contribution is -0.117. The van der Waals surface area contributed by atoms with Crippen molar-refractivity contribution in [1.82, 2.24) is 15.2 Å². The lowest BCUT2D eigenvalue weighted by Gasteiger charge is -2.34. The van der Waals surface area contributed by atoms with Crippen molar-refractivity contribution in [2.45, 2.75) is 20.0 Å². The number of piperidine rings is 1. The number of nitrogen functional groups attached to an aromatic ring is 1. The number of nitrogens with one attached hydrogen (secondary N) is 2. The highest BCUT2D eigenvalue weighted by Gasteiger charge is 2.32. The van der Waals surface area contributed by atoms with Crippen molar-refractivity contribution in [2.75, 3.05) is 18.8 Å². The van der Waals surface area contributed by atoms with Crippen molar-refractivity contribution in [2.24, 2.45) is 16.6 Å². The van der Waals surface area contributed by atoms with Crippen molar-refractivity contribution < 1.29 is 14.0 Å². The van der Waals surface area contributed by atoms with Crippen LogP contribution in [0, 0.1) is 11.7 Å². The normalized spacial score (nSPS) is 18.2. The summed E-state index contributed by atoms with van der Waals surface area (Å²) in [5.74, 6) is -1.14. The number of nitrogens with zero attached hydrogens (tertiary/aromatic N) is 2. The molecule has 0 aliphatic carbocycles. The van der Waals surface area contributed by atoms with Gasteiger partial charge in [0, 0.05) is 42.2 Å². The molecule has 1 atom stereocenters. The summed E-state index contributed by atoms with van der Waals surface area (Å²) in [6, 6.07) is 16.8. The van der Waals surface area contributed by atoms with Gasteiger partial charge in [0.1, 0.15) is 17.2 Å². The minimum absolute atomic E-state index is 0.00703. The molecule has 6 N–H and O–H groups in total. The van der Waals surface area contributed by atoms with Crippen molar-refractivity contribution >= 4 is 23.2 Å². The average Bonchev–Trinajstić information content (AvgIpc) is 3.41. The van der Waals surface area contributed by atoms with E-state index < -0.39 is 5.91 Å². The van der Waals surface area contributed by atoms with Crippen LogP contribution in [0.1, 0.15) is 28.5 Å². The first kappa shape index (κ1) is 24.7. The SMILES string of the molecule is CC1CN(C(=O)c2ccc[nH]2)CC(=C(N)C(=O)NCc2cccc(N)c2)C1=NCc1ccc(F)cc1. The summed E-state index contributed by atoms with van der Waals surface area (Å²) in [6.07, 6.45) is 1.69. The molecule has 0 radical (unpaired) electrons. The number of likely N-dealkylation sites (tertiary alicyclic amines) is 1. The monoisotopic (exact) mass is 488 g/mol. The third kappa shape index (κ3) is 5.80. The van der Waals surface area contributed by atoms with Gasteiger partial charge in [-0.1, -0.05) is 31.2 Å². The predicted molar refractivity (Wildman–Crippen MR) is 137 cm³/mol. The Balaban J connectivity index is 1.61. The lowest BCUT2D eigenvalue weighted by atomic mass is 9.90. The Morgan fingerprint density at radius 3 is 2.61 bits per heavy atom. The number of amides is 2. The Kier molecular flexibility index (Phi) is 7.48. The van der Waals surface area contributed by atoms with E-state index in [0.717, 1.165) is 11.1 Å². The van der Waals surface area contributed by atoms with Crippen LogP contribution in [0.2, 0.25) is 0 Å². The Labute approximate surface area is 208 Å². The second kappa shape index (κ2) is 10.9. The number of nitrogens with two attached hydrogens (primary N) is 2. The van der Waals surface area contributed by atoms with Crippen LogP contribution < -0.4 is 16.8 Å². The molecule has 186 valence electrons. The Hall–Kier alpha value is -4.40. The van der Waals surface area contributed by atoms with E-state index >= 15 is 0 Å². The number of hydrogen-bond donors (Lipinski definition) is 4. The zero-order chi connectivity index (χ0) is 25.7. The smallest absolute Gasteiger partial charge is 0.270 e. The highest BCUT2D eigenvalue weighted by atomic mass is 19.1. The van der Waals surface area contributed by atoms with E-state index in [1.165, 1.54) is 12.1 Å². The standard InChI is InChI=1S/C27H29FN6O2/c1-17-15-34(27(36)23-6-3-11-31-23)16-22(25(17)32-13-18-7-9-20(28)10-8-18)24(30)26(35)33-14-19-4-2-5-21(29)12-19/h2-12,17,31H,13-16,29-30H2,1H3,(H,33,35). The summed E-state index contributed by atoms with van der Waals surface area (Å²) in [5, 5.41) is 2.83. The molecule has 1 aliphatic rings. The van der Waals surface area contributed by atoms with Crippen LogP contribution in [0.15, 0.2) is 83.1 Å². The molecule has 4 rings (SSSR count). The third-order valence-corrected chi connectivity index (χ3v) is 6.05. The van der Waals surface area contributed by atoms with Crippen LogP contribution in [-0.2, 0) is 17.9 Å². The van der Waals surface area contributed by atoms with Crippen LogP contribution in [0.4, 0.5) is 10.1 Å². The molecular weight excluding hydrogens is 459 g/mol. The zero-order valence-corrected chi connectivity index (χ0v) is 20.0. The Morgan fingerprint density at radius 1 is 1.14 bits per heavy atom. The van der Waals surface area contributed by atoms with Gasteiger partial charge in [-0.05, 0) is 47.5 Å². The maximum absolute atomic E-state index is 13.3. The highest BCUT2D eigenvalue weighted by Crippen LogP contribution is 2.23. The van der Waals surface area contributed by atoms with Crippen molar-refractivity contribution in [3.8, 4) is 0 Å². The van der Waals surface area contributed by atoms with Crippen LogP contribution in [0.3, 0.4) is 0 Å². The molecule has 1 saturated heterocycles. The molecule has 3 aromatic rings. The first-order valence-electron chi connectivity index (χ1n) is 11.6. The van der Waals surface area contributed by atoms with Crippen molar-refractivity contribution in [3.05, 3.63) is 101 Å². The summed E-state index contributed by atoms with van der Waals surface area (Å²) in [5.41, 5.74) is 16.1. The lowest BCUT2D eigenvalue weighted by Crippen LogP contribution is -2.47. The molecule has 0 bridgehead atoms. The van der Waals surface area contributed by atoms with Gasteiger partial charge in [0.05, 0.1) is 13.1 Å². The third-order valence-electron chi connectivity index (χ3n) is 6.05. The Bertz CT molecular complexity index is 1300. The molecular formula is C27H29FN6O2. The average molecular weight is 489 g/mol. The molecule has 0 spiro atoms. The molecule has 1 aliphatic heterocycles. The van der Waals surface area contributed by atoms with Gasteiger partial charge in [-0.25, -0.2) is 4.39 Å². The fraction of sp³-hybridized carbons (Fsp3) is 0.222. The van der Waals surface area contributed by atoms with E-state index in [1.807, 2.05) is 19.1 Å². The molecule has 2 aromatic carbocycles. The first-order valence-corrected chi connectivity index (χ1v) is 11.6. The molecule has 1 unspecified atom stereocenters. The van der Waals surface area contributed by atoms with Crippen molar-refractivity contribution in [1.29, 1.82) is 0 Å². The molecule has 36 heavy (non-hydrogen) atoms. The number of aliphatic imine (C=N–C) groups is 1. The largest absolute Gasteiger partial charge is 0.399 e. The van der Waals surface area contributed by atoms with Crippen molar-refractivity contribution in [3.63, 3.8) is 0 Å². The van der Waals surface area contributed by atoms with E-state index in [0.29, 0.717) is 35.8 Å². The highest BCUT2D eigenvalue weighted by molar-refractivity contribution is 6.10. The van der Waals surface area contributed by atoms with Gasteiger partial charge in [0.2, 0.25) is 0 Å². The number of aromatic nitrogens is 1.